The number of carbonyl (C=O) groups excluding carboxylic acids is 2. The number of rotatable bonds is 3. The highest BCUT2D eigenvalue weighted by atomic mass is 79.9. The molecule has 4 nitrogen and oxygen atoms in total. The van der Waals surface area contributed by atoms with Gasteiger partial charge >= 0.3 is 0 Å². The van der Waals surface area contributed by atoms with E-state index in [4.69, 9.17) is 11.6 Å². The number of thiazole rings is 1. The SMILES string of the molecule is CC(=O)c1ccc(C)c(Cl)c1NC(=O)c1nc(Br)cs1. The van der Waals surface area contributed by atoms with Gasteiger partial charge in [-0.2, -0.15) is 0 Å². The van der Waals surface area contributed by atoms with E-state index in [1.807, 2.05) is 6.92 Å². The molecule has 0 aliphatic carbocycles. The first-order chi connectivity index (χ1) is 9.40. The van der Waals surface area contributed by atoms with Crippen LogP contribution < -0.4 is 5.32 Å². The molecular formula is C13H10BrClN2O2S. The van der Waals surface area contributed by atoms with E-state index in [1.54, 1.807) is 17.5 Å². The molecule has 0 unspecified atom stereocenters. The zero-order chi connectivity index (χ0) is 14.9. The van der Waals surface area contributed by atoms with Crippen LogP contribution in [0.4, 0.5) is 5.69 Å². The Morgan fingerprint density at radius 2 is 2.10 bits per heavy atom. The minimum Gasteiger partial charge on any atom is -0.318 e. The van der Waals surface area contributed by atoms with Gasteiger partial charge in [-0.05, 0) is 41.4 Å². The number of carbonyl (C=O) groups is 2. The summed E-state index contributed by atoms with van der Waals surface area (Å²) in [5.74, 6) is -0.557. The summed E-state index contributed by atoms with van der Waals surface area (Å²) in [4.78, 5) is 27.8. The van der Waals surface area contributed by atoms with Crippen LogP contribution in [0.1, 0.15) is 32.6 Å². The first-order valence-corrected chi connectivity index (χ1v) is 7.67. The zero-order valence-electron chi connectivity index (χ0n) is 10.7. The van der Waals surface area contributed by atoms with Gasteiger partial charge in [-0.1, -0.05) is 17.7 Å². The van der Waals surface area contributed by atoms with Crippen LogP contribution >= 0.6 is 38.9 Å². The Morgan fingerprint density at radius 3 is 2.65 bits per heavy atom. The van der Waals surface area contributed by atoms with Crippen molar-refractivity contribution in [3.05, 3.63) is 43.3 Å². The Balaban J connectivity index is 2.40. The minimum atomic E-state index is -0.393. The zero-order valence-corrected chi connectivity index (χ0v) is 13.8. The molecule has 0 aliphatic rings. The number of halogens is 2. The molecule has 1 aromatic heterocycles. The first kappa shape index (κ1) is 15.2. The molecule has 0 spiro atoms. The lowest BCUT2D eigenvalue weighted by Gasteiger charge is -2.12. The average Bonchev–Trinajstić information content (AvgIpc) is 2.81. The van der Waals surface area contributed by atoms with Crippen LogP contribution in [0, 0.1) is 6.92 Å². The lowest BCUT2D eigenvalue weighted by Crippen LogP contribution is -2.15. The molecule has 7 heteroatoms. The van der Waals surface area contributed by atoms with Crippen molar-refractivity contribution in [3.8, 4) is 0 Å². The number of aryl methyl sites for hydroxylation is 1. The van der Waals surface area contributed by atoms with Crippen molar-refractivity contribution in [3.63, 3.8) is 0 Å². The van der Waals surface area contributed by atoms with Crippen LogP contribution in [-0.2, 0) is 0 Å². The maximum absolute atomic E-state index is 12.1. The van der Waals surface area contributed by atoms with Crippen LogP contribution in [0.3, 0.4) is 0 Å². The van der Waals surface area contributed by atoms with Gasteiger partial charge in [0.1, 0.15) is 4.60 Å². The van der Waals surface area contributed by atoms with Crippen molar-refractivity contribution in [2.75, 3.05) is 5.32 Å². The van der Waals surface area contributed by atoms with E-state index in [-0.39, 0.29) is 5.78 Å². The summed E-state index contributed by atoms with van der Waals surface area (Å²) in [7, 11) is 0. The fraction of sp³-hybridized carbons (Fsp3) is 0.154. The fourth-order valence-electron chi connectivity index (χ4n) is 1.62. The molecule has 0 bridgehead atoms. The monoisotopic (exact) mass is 372 g/mol. The third-order valence-electron chi connectivity index (χ3n) is 2.62. The topological polar surface area (TPSA) is 59.1 Å². The van der Waals surface area contributed by atoms with Crippen molar-refractivity contribution in [1.29, 1.82) is 0 Å². The highest BCUT2D eigenvalue weighted by molar-refractivity contribution is 9.10. The number of hydrogen-bond acceptors (Lipinski definition) is 4. The van der Waals surface area contributed by atoms with Crippen molar-refractivity contribution in [2.45, 2.75) is 13.8 Å². The van der Waals surface area contributed by atoms with E-state index >= 15 is 0 Å². The fourth-order valence-corrected chi connectivity index (χ4v) is 2.98. The summed E-state index contributed by atoms with van der Waals surface area (Å²) in [6.07, 6.45) is 0. The number of ketones is 1. The van der Waals surface area contributed by atoms with Gasteiger partial charge < -0.3 is 5.32 Å². The van der Waals surface area contributed by atoms with Gasteiger partial charge in [0.25, 0.3) is 5.91 Å². The highest BCUT2D eigenvalue weighted by Crippen LogP contribution is 2.30. The third-order valence-corrected chi connectivity index (χ3v) is 4.66. The van der Waals surface area contributed by atoms with Crippen molar-refractivity contribution in [2.24, 2.45) is 0 Å². The lowest BCUT2D eigenvalue weighted by atomic mass is 10.1. The molecule has 1 aromatic carbocycles. The van der Waals surface area contributed by atoms with Crippen LogP contribution in [0.25, 0.3) is 0 Å². The van der Waals surface area contributed by atoms with Crippen molar-refractivity contribution >= 4 is 56.2 Å². The number of nitrogens with one attached hydrogen (secondary N) is 1. The van der Waals surface area contributed by atoms with Gasteiger partial charge in [-0.3, -0.25) is 9.59 Å². The molecule has 20 heavy (non-hydrogen) atoms. The van der Waals surface area contributed by atoms with Crippen LogP contribution in [0.2, 0.25) is 5.02 Å². The number of hydrogen-bond donors (Lipinski definition) is 1. The van der Waals surface area contributed by atoms with E-state index in [9.17, 15) is 9.59 Å². The van der Waals surface area contributed by atoms with Gasteiger partial charge in [0, 0.05) is 10.9 Å². The molecule has 0 radical (unpaired) electrons. The van der Waals surface area contributed by atoms with Crippen molar-refractivity contribution in [1.82, 2.24) is 4.98 Å². The Labute approximate surface area is 133 Å². The smallest absolute Gasteiger partial charge is 0.284 e. The molecular weight excluding hydrogens is 364 g/mol. The van der Waals surface area contributed by atoms with E-state index in [2.05, 4.69) is 26.2 Å². The predicted molar refractivity (Wildman–Crippen MR) is 84.0 cm³/mol. The number of amides is 1. The highest BCUT2D eigenvalue weighted by Gasteiger charge is 2.18. The van der Waals surface area contributed by atoms with Crippen LogP contribution in [-0.4, -0.2) is 16.7 Å². The molecule has 0 saturated carbocycles. The summed E-state index contributed by atoms with van der Waals surface area (Å²) < 4.78 is 0.592. The van der Waals surface area contributed by atoms with E-state index < -0.39 is 5.91 Å². The number of nitrogens with zero attached hydrogens (tertiary/aromatic N) is 1. The second-order valence-electron chi connectivity index (χ2n) is 4.10. The van der Waals surface area contributed by atoms with E-state index in [1.165, 1.54) is 18.3 Å². The second kappa shape index (κ2) is 6.03. The third kappa shape index (κ3) is 3.08. The maximum atomic E-state index is 12.1. The Morgan fingerprint density at radius 1 is 1.40 bits per heavy atom. The number of benzene rings is 1. The molecule has 1 amide bonds. The molecule has 1 N–H and O–H groups in total. The van der Waals surface area contributed by atoms with Gasteiger partial charge in [-0.15, -0.1) is 11.3 Å². The number of aromatic nitrogens is 1. The van der Waals surface area contributed by atoms with Crippen LogP contribution in [0.5, 0.6) is 0 Å². The van der Waals surface area contributed by atoms with E-state index in [0.29, 0.717) is 25.9 Å². The number of anilines is 1. The molecule has 2 aromatic rings. The first-order valence-electron chi connectivity index (χ1n) is 5.62. The predicted octanol–water partition coefficient (Wildman–Crippen LogP) is 4.32. The summed E-state index contributed by atoms with van der Waals surface area (Å²) in [5, 5.41) is 5.03. The molecule has 2 rings (SSSR count). The minimum absolute atomic E-state index is 0.164. The largest absolute Gasteiger partial charge is 0.318 e. The van der Waals surface area contributed by atoms with E-state index in [0.717, 1.165) is 5.56 Å². The molecule has 0 aliphatic heterocycles. The Hall–Kier alpha value is -1.24. The van der Waals surface area contributed by atoms with Crippen molar-refractivity contribution < 1.29 is 9.59 Å². The quantitative estimate of drug-likeness (QED) is 0.815. The summed E-state index contributed by atoms with van der Waals surface area (Å²) in [6, 6.07) is 3.39. The standard InChI is InChI=1S/C13H10BrClN2O2S/c1-6-3-4-8(7(2)18)11(10(6)15)17-12(19)13-16-9(14)5-20-13/h3-5H,1-2H3,(H,17,19). The molecule has 0 fully saturated rings. The Kier molecular flexibility index (Phi) is 4.57. The average molecular weight is 374 g/mol. The van der Waals surface area contributed by atoms with Gasteiger partial charge in [0.05, 0.1) is 10.7 Å². The summed E-state index contributed by atoms with van der Waals surface area (Å²) in [6.45, 7) is 3.23. The van der Waals surface area contributed by atoms with Gasteiger partial charge in [-0.25, -0.2) is 4.98 Å². The lowest BCUT2D eigenvalue weighted by molar-refractivity contribution is 0.101. The summed E-state index contributed by atoms with van der Waals surface area (Å²) >= 11 is 10.6. The Bertz CT molecular complexity index is 700. The normalized spacial score (nSPS) is 10.4. The van der Waals surface area contributed by atoms with Gasteiger partial charge in [0.2, 0.25) is 0 Å². The second-order valence-corrected chi connectivity index (χ2v) is 6.15. The molecule has 104 valence electrons. The van der Waals surface area contributed by atoms with Gasteiger partial charge in [0.15, 0.2) is 10.8 Å². The van der Waals surface area contributed by atoms with Crippen LogP contribution in [0.15, 0.2) is 22.1 Å². The molecule has 1 heterocycles. The summed E-state index contributed by atoms with van der Waals surface area (Å²) in [5.41, 5.74) is 1.49. The maximum Gasteiger partial charge on any atom is 0.284 e. The molecule has 0 saturated heterocycles. The molecule has 0 atom stereocenters. The number of Topliss-reactive ketones (excluding diaryl/α,β-unsaturated/α-hetero) is 1.